The van der Waals surface area contributed by atoms with E-state index in [4.69, 9.17) is 0 Å². The van der Waals surface area contributed by atoms with Gasteiger partial charge in [0.05, 0.1) is 5.39 Å². The second-order valence-corrected chi connectivity index (χ2v) is 6.40. The van der Waals surface area contributed by atoms with Gasteiger partial charge in [0.1, 0.15) is 4.83 Å². The molecular formula is C13H16N2OS2. The van der Waals surface area contributed by atoms with Crippen LogP contribution in [-0.2, 0) is 19.4 Å². The van der Waals surface area contributed by atoms with Crippen LogP contribution in [0.5, 0.6) is 0 Å². The van der Waals surface area contributed by atoms with Crippen LogP contribution in [0.15, 0.2) is 9.95 Å². The zero-order valence-corrected chi connectivity index (χ0v) is 12.3. The van der Waals surface area contributed by atoms with Gasteiger partial charge >= 0.3 is 0 Å². The van der Waals surface area contributed by atoms with Crippen LogP contribution in [0.3, 0.4) is 0 Å². The zero-order valence-electron chi connectivity index (χ0n) is 10.7. The molecule has 0 bridgehead atoms. The molecule has 0 radical (unpaired) electrons. The van der Waals surface area contributed by atoms with Crippen molar-refractivity contribution in [1.29, 1.82) is 0 Å². The summed E-state index contributed by atoms with van der Waals surface area (Å²) in [5.41, 5.74) is 1.44. The Kier molecular flexibility index (Phi) is 3.20. The van der Waals surface area contributed by atoms with E-state index in [0.717, 1.165) is 28.2 Å². The largest absolute Gasteiger partial charge is 0.287 e. The standard InChI is InChI=1S/C13H16N2OS2/c1-3-15-12(16)10-8-6-4-5-7-9(8)18-11(10)14-13(15)17-2/h3-7H2,1-2H3. The maximum Gasteiger partial charge on any atom is 0.263 e. The Bertz CT molecular complexity index is 657. The molecule has 18 heavy (non-hydrogen) atoms. The lowest BCUT2D eigenvalue weighted by atomic mass is 9.97. The number of thiophene rings is 1. The van der Waals surface area contributed by atoms with Gasteiger partial charge in [-0.1, -0.05) is 11.8 Å². The van der Waals surface area contributed by atoms with Gasteiger partial charge in [-0.2, -0.15) is 0 Å². The third kappa shape index (κ3) is 1.72. The summed E-state index contributed by atoms with van der Waals surface area (Å²) in [6.07, 6.45) is 6.60. The lowest BCUT2D eigenvalue weighted by Gasteiger charge is -2.11. The van der Waals surface area contributed by atoms with Gasteiger partial charge in [-0.15, -0.1) is 11.3 Å². The van der Waals surface area contributed by atoms with Gasteiger partial charge in [-0.25, -0.2) is 4.98 Å². The van der Waals surface area contributed by atoms with Crippen LogP contribution in [0.25, 0.3) is 10.2 Å². The third-order valence-corrected chi connectivity index (χ3v) is 5.40. The van der Waals surface area contributed by atoms with Gasteiger partial charge in [-0.05, 0) is 44.4 Å². The summed E-state index contributed by atoms with van der Waals surface area (Å²) in [7, 11) is 0. The topological polar surface area (TPSA) is 34.9 Å². The number of aryl methyl sites for hydroxylation is 2. The number of fused-ring (bicyclic) bond motifs is 3. The lowest BCUT2D eigenvalue weighted by molar-refractivity contribution is 0.634. The Labute approximate surface area is 114 Å². The number of aromatic nitrogens is 2. The summed E-state index contributed by atoms with van der Waals surface area (Å²) in [6.45, 7) is 2.70. The van der Waals surface area contributed by atoms with Crippen LogP contribution < -0.4 is 5.56 Å². The first-order valence-electron chi connectivity index (χ1n) is 6.35. The van der Waals surface area contributed by atoms with Crippen molar-refractivity contribution in [3.05, 3.63) is 20.8 Å². The van der Waals surface area contributed by atoms with E-state index >= 15 is 0 Å². The van der Waals surface area contributed by atoms with Gasteiger partial charge in [0, 0.05) is 11.4 Å². The van der Waals surface area contributed by atoms with Crippen molar-refractivity contribution in [2.45, 2.75) is 44.3 Å². The molecule has 2 aromatic rings. The molecule has 0 aromatic carbocycles. The second kappa shape index (κ2) is 4.70. The summed E-state index contributed by atoms with van der Waals surface area (Å²) < 4.78 is 1.80. The molecule has 1 aliphatic carbocycles. The summed E-state index contributed by atoms with van der Waals surface area (Å²) in [4.78, 5) is 19.6. The molecule has 0 aliphatic heterocycles. The molecule has 0 N–H and O–H groups in total. The molecule has 0 atom stereocenters. The zero-order chi connectivity index (χ0) is 12.7. The first-order chi connectivity index (χ1) is 8.76. The molecular weight excluding hydrogens is 264 g/mol. The van der Waals surface area contributed by atoms with E-state index in [1.165, 1.54) is 23.3 Å². The number of hydrogen-bond donors (Lipinski definition) is 0. The van der Waals surface area contributed by atoms with E-state index in [1.807, 2.05) is 13.2 Å². The van der Waals surface area contributed by atoms with Crippen LogP contribution in [0.2, 0.25) is 0 Å². The molecule has 0 amide bonds. The Balaban J connectivity index is 2.37. The van der Waals surface area contributed by atoms with E-state index in [0.29, 0.717) is 6.54 Å². The van der Waals surface area contributed by atoms with Crippen molar-refractivity contribution in [2.24, 2.45) is 0 Å². The van der Waals surface area contributed by atoms with Crippen LogP contribution in [0.4, 0.5) is 0 Å². The van der Waals surface area contributed by atoms with Crippen LogP contribution in [-0.4, -0.2) is 15.8 Å². The Morgan fingerprint density at radius 2 is 2.17 bits per heavy atom. The highest BCUT2D eigenvalue weighted by Crippen LogP contribution is 2.34. The van der Waals surface area contributed by atoms with Crippen LogP contribution >= 0.6 is 23.1 Å². The Morgan fingerprint density at radius 3 is 2.89 bits per heavy atom. The molecule has 5 heteroatoms. The number of hydrogen-bond acceptors (Lipinski definition) is 4. The first-order valence-corrected chi connectivity index (χ1v) is 8.39. The van der Waals surface area contributed by atoms with Crippen LogP contribution in [0, 0.1) is 0 Å². The van der Waals surface area contributed by atoms with Gasteiger partial charge in [-0.3, -0.25) is 9.36 Å². The third-order valence-electron chi connectivity index (χ3n) is 3.54. The maximum absolute atomic E-state index is 12.6. The van der Waals surface area contributed by atoms with E-state index in [2.05, 4.69) is 4.98 Å². The molecule has 3 rings (SSSR count). The Morgan fingerprint density at radius 1 is 1.39 bits per heavy atom. The summed E-state index contributed by atoms with van der Waals surface area (Å²) in [5, 5.41) is 1.74. The molecule has 0 saturated carbocycles. The number of rotatable bonds is 2. The molecule has 2 heterocycles. The molecule has 3 nitrogen and oxygen atoms in total. The second-order valence-electron chi connectivity index (χ2n) is 4.54. The SMILES string of the molecule is CCn1c(SC)nc2sc3c(c2c1=O)CCCC3. The molecule has 0 saturated heterocycles. The Hall–Kier alpha value is -0.810. The molecule has 0 unspecified atom stereocenters. The van der Waals surface area contributed by atoms with Crippen LogP contribution in [0.1, 0.15) is 30.2 Å². The average Bonchev–Trinajstić information content (AvgIpc) is 2.76. The number of thioether (sulfide) groups is 1. The predicted octanol–water partition coefficient (Wildman–Crippen LogP) is 3.08. The quantitative estimate of drug-likeness (QED) is 0.626. The molecule has 0 spiro atoms. The van der Waals surface area contributed by atoms with Gasteiger partial charge in [0.2, 0.25) is 0 Å². The van der Waals surface area contributed by atoms with Crippen molar-refractivity contribution >= 4 is 33.3 Å². The fraction of sp³-hybridized carbons (Fsp3) is 0.538. The van der Waals surface area contributed by atoms with Gasteiger partial charge in [0.25, 0.3) is 5.56 Å². The summed E-state index contributed by atoms with van der Waals surface area (Å²) >= 11 is 3.28. The molecule has 0 fully saturated rings. The van der Waals surface area contributed by atoms with E-state index in [-0.39, 0.29) is 5.56 Å². The van der Waals surface area contributed by atoms with Crippen molar-refractivity contribution in [3.8, 4) is 0 Å². The lowest BCUT2D eigenvalue weighted by Crippen LogP contribution is -2.22. The summed E-state index contributed by atoms with van der Waals surface area (Å²) in [5.74, 6) is 0. The highest BCUT2D eigenvalue weighted by atomic mass is 32.2. The summed E-state index contributed by atoms with van der Waals surface area (Å²) in [6, 6.07) is 0. The predicted molar refractivity (Wildman–Crippen MR) is 78.0 cm³/mol. The molecule has 96 valence electrons. The molecule has 2 aromatic heterocycles. The minimum Gasteiger partial charge on any atom is -0.287 e. The smallest absolute Gasteiger partial charge is 0.263 e. The molecule has 1 aliphatic rings. The van der Waals surface area contributed by atoms with Gasteiger partial charge < -0.3 is 0 Å². The van der Waals surface area contributed by atoms with E-state index in [1.54, 1.807) is 27.7 Å². The van der Waals surface area contributed by atoms with Crippen molar-refractivity contribution in [2.75, 3.05) is 6.26 Å². The van der Waals surface area contributed by atoms with E-state index < -0.39 is 0 Å². The fourth-order valence-electron chi connectivity index (χ4n) is 2.65. The first kappa shape index (κ1) is 12.2. The maximum atomic E-state index is 12.6. The highest BCUT2D eigenvalue weighted by molar-refractivity contribution is 7.98. The fourth-order valence-corrected chi connectivity index (χ4v) is 4.58. The average molecular weight is 280 g/mol. The minimum atomic E-state index is 0.159. The van der Waals surface area contributed by atoms with Crippen molar-refractivity contribution < 1.29 is 0 Å². The van der Waals surface area contributed by atoms with Crippen molar-refractivity contribution in [1.82, 2.24) is 9.55 Å². The minimum absolute atomic E-state index is 0.159. The van der Waals surface area contributed by atoms with E-state index in [9.17, 15) is 4.79 Å². The highest BCUT2D eigenvalue weighted by Gasteiger charge is 2.21. The normalized spacial score (nSPS) is 15.0. The monoisotopic (exact) mass is 280 g/mol. The number of nitrogens with zero attached hydrogens (tertiary/aromatic N) is 2. The van der Waals surface area contributed by atoms with Crippen molar-refractivity contribution in [3.63, 3.8) is 0 Å². The van der Waals surface area contributed by atoms with Gasteiger partial charge in [0.15, 0.2) is 5.16 Å².